The average molecular weight is 346 g/mol. The molecule has 3 N–H and O–H groups in total. The van der Waals surface area contributed by atoms with Crippen molar-refractivity contribution in [2.75, 3.05) is 18.8 Å². The highest BCUT2D eigenvalue weighted by Gasteiger charge is 2.40. The summed E-state index contributed by atoms with van der Waals surface area (Å²) in [6.07, 6.45) is 4.14. The maximum atomic E-state index is 12.4. The number of aliphatic carboxylic acids is 1. The van der Waals surface area contributed by atoms with Crippen LogP contribution >= 0.6 is 11.3 Å². The summed E-state index contributed by atoms with van der Waals surface area (Å²) in [7, 11) is 0. The van der Waals surface area contributed by atoms with Gasteiger partial charge in [0.15, 0.2) is 5.13 Å². The normalized spacial score (nSPS) is 20.2. The molecule has 0 aromatic carbocycles. The van der Waals surface area contributed by atoms with Gasteiger partial charge >= 0.3 is 5.97 Å². The van der Waals surface area contributed by atoms with E-state index in [-0.39, 0.29) is 18.4 Å². The Hall–Kier alpha value is -2.48. The first-order chi connectivity index (χ1) is 11.5. The number of nitrogens with zero attached hydrogens (tertiary/aromatic N) is 3. The Bertz CT molecular complexity index is 734. The molecule has 0 aliphatic carbocycles. The third-order valence-electron chi connectivity index (χ3n) is 4.27. The van der Waals surface area contributed by atoms with Gasteiger partial charge in [0.05, 0.1) is 11.6 Å². The minimum absolute atomic E-state index is 0.0563. The van der Waals surface area contributed by atoms with Crippen molar-refractivity contribution in [3.8, 4) is 0 Å². The van der Waals surface area contributed by atoms with Gasteiger partial charge in [-0.2, -0.15) is 0 Å². The van der Waals surface area contributed by atoms with Crippen LogP contribution < -0.4 is 5.73 Å². The molecule has 1 aliphatic rings. The number of carboxylic acids is 1. The number of carbonyl (C=O) groups excluding carboxylic acids is 1. The van der Waals surface area contributed by atoms with Crippen molar-refractivity contribution in [3.05, 3.63) is 41.2 Å². The monoisotopic (exact) mass is 346 g/mol. The fourth-order valence-electron chi connectivity index (χ4n) is 3.02. The number of pyridine rings is 1. The molecular weight excluding hydrogens is 328 g/mol. The molecule has 0 spiro atoms. The van der Waals surface area contributed by atoms with Gasteiger partial charge in [-0.1, -0.05) is 6.07 Å². The maximum Gasteiger partial charge on any atom is 0.308 e. The Morgan fingerprint density at radius 2 is 2.25 bits per heavy atom. The number of nitrogens with two attached hydrogens (primary N) is 1. The summed E-state index contributed by atoms with van der Waals surface area (Å²) in [5.41, 5.74) is 7.23. The Balaban J connectivity index is 1.66. The minimum atomic E-state index is -0.883. The van der Waals surface area contributed by atoms with Gasteiger partial charge in [-0.05, 0) is 18.1 Å². The van der Waals surface area contributed by atoms with Gasteiger partial charge in [0.25, 0.3) is 0 Å². The molecule has 2 aromatic heterocycles. The maximum absolute atomic E-state index is 12.4. The lowest BCUT2D eigenvalue weighted by Gasteiger charge is -2.16. The number of hydrogen-bond acceptors (Lipinski definition) is 6. The fourth-order valence-corrected chi connectivity index (χ4v) is 3.62. The largest absolute Gasteiger partial charge is 0.481 e. The van der Waals surface area contributed by atoms with Crippen molar-refractivity contribution in [1.82, 2.24) is 14.9 Å². The highest BCUT2D eigenvalue weighted by molar-refractivity contribution is 7.13. The number of amides is 1. The smallest absolute Gasteiger partial charge is 0.308 e. The Morgan fingerprint density at radius 1 is 1.42 bits per heavy atom. The van der Waals surface area contributed by atoms with E-state index in [1.807, 2.05) is 11.4 Å². The van der Waals surface area contributed by atoms with Crippen LogP contribution in [0.2, 0.25) is 0 Å². The van der Waals surface area contributed by atoms with Crippen molar-refractivity contribution >= 4 is 28.3 Å². The molecule has 0 bridgehead atoms. The molecule has 1 saturated heterocycles. The number of aryl methyl sites for hydroxylation is 1. The summed E-state index contributed by atoms with van der Waals surface area (Å²) < 4.78 is 0. The number of carboxylic acid groups (broad SMARTS) is 1. The topological polar surface area (TPSA) is 109 Å². The predicted molar refractivity (Wildman–Crippen MR) is 89.5 cm³/mol. The van der Waals surface area contributed by atoms with E-state index < -0.39 is 11.9 Å². The van der Waals surface area contributed by atoms with Gasteiger partial charge < -0.3 is 15.7 Å². The average Bonchev–Trinajstić information content (AvgIpc) is 3.20. The van der Waals surface area contributed by atoms with Crippen LogP contribution in [-0.2, 0) is 16.0 Å². The van der Waals surface area contributed by atoms with Crippen molar-refractivity contribution in [3.63, 3.8) is 0 Å². The fraction of sp³-hybridized carbons (Fsp3) is 0.375. The molecule has 3 heterocycles. The Labute approximate surface area is 143 Å². The molecule has 24 heavy (non-hydrogen) atoms. The number of carbonyl (C=O) groups is 2. The molecular formula is C16H18N4O3S. The summed E-state index contributed by atoms with van der Waals surface area (Å²) in [5.74, 6) is -1.77. The van der Waals surface area contributed by atoms with E-state index in [1.165, 1.54) is 11.3 Å². The summed E-state index contributed by atoms with van der Waals surface area (Å²) in [6, 6.07) is 3.64. The van der Waals surface area contributed by atoms with Crippen molar-refractivity contribution in [2.45, 2.75) is 18.8 Å². The van der Waals surface area contributed by atoms with E-state index in [0.717, 1.165) is 11.3 Å². The second-order valence-electron chi connectivity index (χ2n) is 5.81. The van der Waals surface area contributed by atoms with Gasteiger partial charge in [-0.25, -0.2) is 4.98 Å². The van der Waals surface area contributed by atoms with Gasteiger partial charge in [0.2, 0.25) is 5.91 Å². The van der Waals surface area contributed by atoms with E-state index >= 15 is 0 Å². The van der Waals surface area contributed by atoms with Crippen LogP contribution in [0.4, 0.5) is 5.13 Å². The zero-order valence-electron chi connectivity index (χ0n) is 13.0. The Kier molecular flexibility index (Phi) is 4.75. The SMILES string of the molecule is Nc1nc(CCC(=O)N2C[C@@H](C(=O)O)[C@H](c3cccnc3)C2)cs1. The van der Waals surface area contributed by atoms with Gasteiger partial charge in [-0.3, -0.25) is 14.6 Å². The van der Waals surface area contributed by atoms with Crippen LogP contribution in [-0.4, -0.2) is 44.9 Å². The Morgan fingerprint density at radius 3 is 2.88 bits per heavy atom. The molecule has 0 saturated carbocycles. The molecule has 8 heteroatoms. The third kappa shape index (κ3) is 3.53. The van der Waals surface area contributed by atoms with Crippen molar-refractivity contribution in [2.24, 2.45) is 5.92 Å². The molecule has 7 nitrogen and oxygen atoms in total. The van der Waals surface area contributed by atoms with E-state index in [0.29, 0.717) is 24.5 Å². The molecule has 1 amide bonds. The predicted octanol–water partition coefficient (Wildman–Crippen LogP) is 1.38. The summed E-state index contributed by atoms with van der Waals surface area (Å²) >= 11 is 1.35. The number of rotatable bonds is 5. The van der Waals surface area contributed by atoms with Gasteiger partial charge in [-0.15, -0.1) is 11.3 Å². The number of hydrogen-bond donors (Lipinski definition) is 2. The number of nitrogen functional groups attached to an aromatic ring is 1. The zero-order chi connectivity index (χ0) is 17.1. The van der Waals surface area contributed by atoms with Crippen molar-refractivity contribution < 1.29 is 14.7 Å². The summed E-state index contributed by atoms with van der Waals surface area (Å²) in [4.78, 5) is 33.8. The number of thiazole rings is 1. The molecule has 2 atom stereocenters. The molecule has 2 aromatic rings. The number of aromatic nitrogens is 2. The van der Waals surface area contributed by atoms with E-state index in [2.05, 4.69) is 9.97 Å². The lowest BCUT2D eigenvalue weighted by molar-refractivity contribution is -0.141. The molecule has 3 rings (SSSR count). The highest BCUT2D eigenvalue weighted by atomic mass is 32.1. The molecule has 1 fully saturated rings. The highest BCUT2D eigenvalue weighted by Crippen LogP contribution is 2.33. The number of anilines is 1. The van der Waals surface area contributed by atoms with Crippen LogP contribution in [0.1, 0.15) is 23.6 Å². The quantitative estimate of drug-likeness (QED) is 0.846. The van der Waals surface area contributed by atoms with Crippen LogP contribution in [0.5, 0.6) is 0 Å². The van der Waals surface area contributed by atoms with Gasteiger partial charge in [0, 0.05) is 43.2 Å². The standard InChI is InChI=1S/C16H18N4O3S/c17-16-19-11(9-24-16)3-4-14(21)20-7-12(13(8-20)15(22)23)10-2-1-5-18-6-10/h1-2,5-6,9,12-13H,3-4,7-8H2,(H2,17,19)(H,22,23)/t12-,13+/m0/s1. The second-order valence-corrected chi connectivity index (χ2v) is 6.70. The third-order valence-corrected chi connectivity index (χ3v) is 4.99. The molecule has 0 unspecified atom stereocenters. The second kappa shape index (κ2) is 6.96. The van der Waals surface area contributed by atoms with E-state index in [1.54, 1.807) is 23.4 Å². The first-order valence-corrected chi connectivity index (χ1v) is 8.53. The molecule has 0 radical (unpaired) electrons. The van der Waals surface area contributed by atoms with Crippen molar-refractivity contribution in [1.29, 1.82) is 0 Å². The van der Waals surface area contributed by atoms with Crippen LogP contribution in [0, 0.1) is 5.92 Å². The summed E-state index contributed by atoms with van der Waals surface area (Å²) in [6.45, 7) is 0.633. The first-order valence-electron chi connectivity index (χ1n) is 7.65. The van der Waals surface area contributed by atoms with Gasteiger partial charge in [0.1, 0.15) is 0 Å². The van der Waals surface area contributed by atoms with E-state index in [4.69, 9.17) is 5.73 Å². The van der Waals surface area contributed by atoms with E-state index in [9.17, 15) is 14.7 Å². The first kappa shape index (κ1) is 16.4. The lowest BCUT2D eigenvalue weighted by atomic mass is 9.90. The minimum Gasteiger partial charge on any atom is -0.481 e. The van der Waals surface area contributed by atoms with Crippen LogP contribution in [0.15, 0.2) is 29.9 Å². The number of likely N-dealkylation sites (tertiary alicyclic amines) is 1. The zero-order valence-corrected chi connectivity index (χ0v) is 13.8. The lowest BCUT2D eigenvalue weighted by Crippen LogP contribution is -2.30. The molecule has 126 valence electrons. The van der Waals surface area contributed by atoms with Crippen LogP contribution in [0.25, 0.3) is 0 Å². The summed E-state index contributed by atoms with van der Waals surface area (Å²) in [5, 5.41) is 11.8. The molecule has 1 aliphatic heterocycles. The van der Waals surface area contributed by atoms with Crippen LogP contribution in [0.3, 0.4) is 0 Å².